The molecule has 0 radical (unpaired) electrons. The maximum Gasteiger partial charge on any atom is 0.410 e. The molecule has 0 aliphatic carbocycles. The summed E-state index contributed by atoms with van der Waals surface area (Å²) in [6, 6.07) is 24.8. The Morgan fingerprint density at radius 3 is 2.12 bits per heavy atom. The van der Waals surface area contributed by atoms with Crippen LogP contribution in [0.15, 0.2) is 84.9 Å². The smallest absolute Gasteiger partial charge is 0.410 e. The fourth-order valence-electron chi connectivity index (χ4n) is 4.14. The fraction of sp³-hybridized carbons (Fsp3) is 0.258. The summed E-state index contributed by atoms with van der Waals surface area (Å²) in [4.78, 5) is 64.7. The van der Waals surface area contributed by atoms with E-state index >= 15 is 0 Å². The van der Waals surface area contributed by atoms with E-state index in [0.29, 0.717) is 11.3 Å². The van der Waals surface area contributed by atoms with Crippen molar-refractivity contribution in [2.45, 2.75) is 19.6 Å². The molecule has 218 valence electrons. The van der Waals surface area contributed by atoms with Gasteiger partial charge in [-0.25, -0.2) is 4.79 Å². The second kappa shape index (κ2) is 15.0. The molecule has 0 aromatic heterocycles. The van der Waals surface area contributed by atoms with Gasteiger partial charge in [-0.2, -0.15) is 0 Å². The number of amides is 4. The lowest BCUT2D eigenvalue weighted by Crippen LogP contribution is -2.53. The number of esters is 1. The summed E-state index contributed by atoms with van der Waals surface area (Å²) < 4.78 is 10.5. The second-order valence-electron chi connectivity index (χ2n) is 9.56. The number of carbonyl (C=O) groups excluding carboxylic acids is 5. The number of benzene rings is 3. The third kappa shape index (κ3) is 9.19. The third-order valence-electron chi connectivity index (χ3n) is 6.38. The van der Waals surface area contributed by atoms with Crippen LogP contribution in [0.25, 0.3) is 0 Å². The summed E-state index contributed by atoms with van der Waals surface area (Å²) in [5.74, 6) is -1.65. The van der Waals surface area contributed by atoms with Gasteiger partial charge in [0.2, 0.25) is 11.8 Å². The molecule has 3 aromatic rings. The van der Waals surface area contributed by atoms with E-state index in [1.807, 2.05) is 60.7 Å². The van der Waals surface area contributed by atoms with Gasteiger partial charge in [0.1, 0.15) is 19.8 Å². The molecule has 4 amide bonds. The Labute approximate surface area is 243 Å². The van der Waals surface area contributed by atoms with Crippen LogP contribution in [0, 0.1) is 0 Å². The molecule has 1 fully saturated rings. The van der Waals surface area contributed by atoms with Gasteiger partial charge in [0.05, 0.1) is 13.0 Å². The van der Waals surface area contributed by atoms with Crippen LogP contribution in [-0.4, -0.2) is 72.3 Å². The Kier molecular flexibility index (Phi) is 10.6. The molecule has 11 nitrogen and oxygen atoms in total. The highest BCUT2D eigenvalue weighted by molar-refractivity contribution is 5.98. The topological polar surface area (TPSA) is 134 Å². The van der Waals surface area contributed by atoms with Crippen molar-refractivity contribution < 1.29 is 33.4 Å². The molecule has 0 saturated carbocycles. The molecule has 11 heteroatoms. The SMILES string of the molecule is O=C(CN1CCN(C(=O)OCc2ccccc2)CC1=O)Nc1cccc(C(=O)NCCC(=O)OCc2ccccc2)c1. The first-order valence-electron chi connectivity index (χ1n) is 13.5. The average Bonchev–Trinajstić information content (AvgIpc) is 3.01. The molecule has 4 rings (SSSR count). The number of nitrogens with one attached hydrogen (secondary N) is 2. The number of nitrogens with zero attached hydrogens (tertiary/aromatic N) is 2. The van der Waals surface area contributed by atoms with E-state index < -0.39 is 23.9 Å². The van der Waals surface area contributed by atoms with Gasteiger partial charge < -0.3 is 25.0 Å². The van der Waals surface area contributed by atoms with E-state index in [1.165, 1.54) is 15.9 Å². The fourth-order valence-corrected chi connectivity index (χ4v) is 4.14. The molecular formula is C31H32N4O7. The lowest BCUT2D eigenvalue weighted by molar-refractivity contribution is -0.144. The molecule has 1 aliphatic rings. The molecule has 1 saturated heterocycles. The molecule has 0 unspecified atom stereocenters. The maximum absolute atomic E-state index is 12.6. The van der Waals surface area contributed by atoms with Crippen molar-refractivity contribution in [1.29, 1.82) is 0 Å². The summed E-state index contributed by atoms with van der Waals surface area (Å²) in [7, 11) is 0. The van der Waals surface area contributed by atoms with Crippen LogP contribution >= 0.6 is 0 Å². The van der Waals surface area contributed by atoms with E-state index in [1.54, 1.807) is 18.2 Å². The number of hydrogen-bond acceptors (Lipinski definition) is 7. The van der Waals surface area contributed by atoms with Gasteiger partial charge >= 0.3 is 12.1 Å². The number of hydrogen-bond donors (Lipinski definition) is 2. The zero-order valence-electron chi connectivity index (χ0n) is 23.0. The molecule has 1 aliphatic heterocycles. The molecule has 0 bridgehead atoms. The maximum atomic E-state index is 12.6. The minimum atomic E-state index is -0.588. The van der Waals surface area contributed by atoms with Crippen molar-refractivity contribution in [2.24, 2.45) is 0 Å². The largest absolute Gasteiger partial charge is 0.461 e. The van der Waals surface area contributed by atoms with Crippen LogP contribution in [0.4, 0.5) is 10.5 Å². The number of carbonyl (C=O) groups is 5. The van der Waals surface area contributed by atoms with E-state index in [9.17, 15) is 24.0 Å². The van der Waals surface area contributed by atoms with E-state index in [2.05, 4.69) is 10.6 Å². The molecule has 1 heterocycles. The Hall–Kier alpha value is -5.19. The van der Waals surface area contributed by atoms with Gasteiger partial charge in [-0.05, 0) is 29.3 Å². The zero-order valence-corrected chi connectivity index (χ0v) is 23.0. The van der Waals surface area contributed by atoms with Crippen molar-refractivity contribution >= 4 is 35.5 Å². The summed E-state index contributed by atoms with van der Waals surface area (Å²) in [6.45, 7) is 0.401. The van der Waals surface area contributed by atoms with Crippen molar-refractivity contribution in [1.82, 2.24) is 15.1 Å². The normalized spacial score (nSPS) is 12.8. The van der Waals surface area contributed by atoms with Crippen LogP contribution in [0.3, 0.4) is 0 Å². The van der Waals surface area contributed by atoms with Crippen LogP contribution in [0.5, 0.6) is 0 Å². The molecule has 3 aromatic carbocycles. The monoisotopic (exact) mass is 572 g/mol. The van der Waals surface area contributed by atoms with Crippen molar-refractivity contribution in [2.75, 3.05) is 38.0 Å². The second-order valence-corrected chi connectivity index (χ2v) is 9.56. The minimum absolute atomic E-state index is 0.0149. The summed E-state index contributed by atoms with van der Waals surface area (Å²) in [5, 5.41) is 5.36. The van der Waals surface area contributed by atoms with Crippen LogP contribution in [0.1, 0.15) is 27.9 Å². The summed E-state index contributed by atoms with van der Waals surface area (Å²) in [6.07, 6.45) is -0.573. The molecule has 0 spiro atoms. The standard InChI is InChI=1S/C31H32N4O7/c36-27(19-34-16-17-35(20-28(34)37)31(40)42-22-24-10-5-2-6-11-24)33-26-13-7-12-25(18-26)30(39)32-15-14-29(38)41-21-23-8-3-1-4-9-23/h1-13,18H,14-17,19-22H2,(H,32,39)(H,33,36). The van der Waals surface area contributed by atoms with Gasteiger partial charge in [-0.1, -0.05) is 66.7 Å². The Morgan fingerprint density at radius 1 is 0.786 bits per heavy atom. The molecule has 2 N–H and O–H groups in total. The Morgan fingerprint density at radius 2 is 1.45 bits per heavy atom. The summed E-state index contributed by atoms with van der Waals surface area (Å²) >= 11 is 0. The molecular weight excluding hydrogens is 540 g/mol. The van der Waals surface area contributed by atoms with E-state index in [0.717, 1.165) is 11.1 Å². The highest BCUT2D eigenvalue weighted by atomic mass is 16.6. The lowest BCUT2D eigenvalue weighted by atomic mass is 10.2. The van der Waals surface area contributed by atoms with Crippen molar-refractivity contribution in [3.8, 4) is 0 Å². The van der Waals surface area contributed by atoms with Gasteiger partial charge in [-0.15, -0.1) is 0 Å². The number of anilines is 1. The van der Waals surface area contributed by atoms with Crippen LogP contribution < -0.4 is 10.6 Å². The summed E-state index contributed by atoms with van der Waals surface area (Å²) in [5.41, 5.74) is 2.39. The first kappa shape index (κ1) is 29.8. The lowest BCUT2D eigenvalue weighted by Gasteiger charge is -2.33. The number of piperazine rings is 1. The first-order valence-corrected chi connectivity index (χ1v) is 13.5. The van der Waals surface area contributed by atoms with Gasteiger partial charge in [0.25, 0.3) is 5.91 Å². The van der Waals surface area contributed by atoms with Gasteiger partial charge in [0, 0.05) is 30.9 Å². The Bertz CT molecular complexity index is 1400. The highest BCUT2D eigenvalue weighted by Gasteiger charge is 2.29. The van der Waals surface area contributed by atoms with Crippen molar-refractivity contribution in [3.63, 3.8) is 0 Å². The minimum Gasteiger partial charge on any atom is -0.461 e. The quantitative estimate of drug-likeness (QED) is 0.338. The Balaban J connectivity index is 1.17. The average molecular weight is 573 g/mol. The number of ether oxygens (including phenoxy) is 2. The predicted molar refractivity (Wildman–Crippen MR) is 153 cm³/mol. The van der Waals surface area contributed by atoms with E-state index in [4.69, 9.17) is 9.47 Å². The first-order chi connectivity index (χ1) is 20.4. The van der Waals surface area contributed by atoms with Gasteiger partial charge in [0.15, 0.2) is 0 Å². The molecule has 0 atom stereocenters. The highest BCUT2D eigenvalue weighted by Crippen LogP contribution is 2.12. The molecule has 42 heavy (non-hydrogen) atoms. The predicted octanol–water partition coefficient (Wildman–Crippen LogP) is 2.97. The number of rotatable bonds is 11. The zero-order chi connectivity index (χ0) is 29.7. The van der Waals surface area contributed by atoms with Crippen LogP contribution in [0.2, 0.25) is 0 Å². The van der Waals surface area contributed by atoms with Crippen LogP contribution in [-0.2, 0) is 37.1 Å². The van der Waals surface area contributed by atoms with Gasteiger partial charge in [-0.3, -0.25) is 24.1 Å². The van der Waals surface area contributed by atoms with Crippen molar-refractivity contribution in [3.05, 3.63) is 102 Å². The third-order valence-corrected chi connectivity index (χ3v) is 6.38. The van der Waals surface area contributed by atoms with E-state index in [-0.39, 0.29) is 58.3 Å².